The van der Waals surface area contributed by atoms with Gasteiger partial charge in [0.25, 0.3) is 0 Å². The van der Waals surface area contributed by atoms with Crippen molar-refractivity contribution in [1.29, 1.82) is 0 Å². The van der Waals surface area contributed by atoms with Gasteiger partial charge in [0.1, 0.15) is 0 Å². The molecule has 2 fully saturated rings. The number of hydrogen-bond acceptors (Lipinski definition) is 2. The predicted molar refractivity (Wildman–Crippen MR) is 89.4 cm³/mol. The Morgan fingerprint density at radius 1 is 1.19 bits per heavy atom. The van der Waals surface area contributed by atoms with Crippen molar-refractivity contribution in [3.05, 3.63) is 35.4 Å². The number of nitrogens with one attached hydrogen (secondary N) is 1. The highest BCUT2D eigenvalue weighted by Crippen LogP contribution is 2.34. The van der Waals surface area contributed by atoms with Crippen molar-refractivity contribution >= 4 is 0 Å². The van der Waals surface area contributed by atoms with Crippen LogP contribution in [0.4, 0.5) is 0 Å². The van der Waals surface area contributed by atoms with Crippen LogP contribution >= 0.6 is 0 Å². The van der Waals surface area contributed by atoms with Gasteiger partial charge in [-0.3, -0.25) is 4.90 Å². The first kappa shape index (κ1) is 15.1. The van der Waals surface area contributed by atoms with E-state index in [4.69, 9.17) is 0 Å². The first-order chi connectivity index (χ1) is 10.1. The molecule has 3 rings (SSSR count). The maximum atomic E-state index is 3.91. The third kappa shape index (κ3) is 3.32. The summed E-state index contributed by atoms with van der Waals surface area (Å²) in [6.07, 6.45) is 5.53. The topological polar surface area (TPSA) is 15.3 Å². The molecule has 1 saturated heterocycles. The molecule has 1 saturated carbocycles. The molecule has 2 nitrogen and oxygen atoms in total. The predicted octanol–water partition coefficient (Wildman–Crippen LogP) is 3.74. The first-order valence-corrected chi connectivity index (χ1v) is 8.63. The second-order valence-electron chi connectivity index (χ2n) is 7.57. The summed E-state index contributed by atoms with van der Waals surface area (Å²) in [5.41, 5.74) is 3.23. The molecule has 1 aromatic rings. The zero-order valence-electron chi connectivity index (χ0n) is 13.9. The fourth-order valence-corrected chi connectivity index (χ4v) is 4.16. The monoisotopic (exact) mass is 286 g/mol. The van der Waals surface area contributed by atoms with Crippen LogP contribution in [0.1, 0.15) is 50.7 Å². The Hall–Kier alpha value is -0.860. The van der Waals surface area contributed by atoms with Gasteiger partial charge < -0.3 is 5.32 Å². The van der Waals surface area contributed by atoms with Crippen LogP contribution in [0.25, 0.3) is 0 Å². The summed E-state index contributed by atoms with van der Waals surface area (Å²) in [5, 5.41) is 3.91. The van der Waals surface area contributed by atoms with Crippen LogP contribution in [-0.2, 0) is 6.54 Å². The van der Waals surface area contributed by atoms with Crippen molar-refractivity contribution < 1.29 is 0 Å². The van der Waals surface area contributed by atoms with Crippen LogP contribution in [-0.4, -0.2) is 29.6 Å². The van der Waals surface area contributed by atoms with Gasteiger partial charge in [0.05, 0.1) is 0 Å². The van der Waals surface area contributed by atoms with E-state index >= 15 is 0 Å². The summed E-state index contributed by atoms with van der Waals surface area (Å²) >= 11 is 0. The van der Waals surface area contributed by atoms with E-state index in [1.54, 1.807) is 0 Å². The highest BCUT2D eigenvalue weighted by atomic mass is 15.3. The lowest BCUT2D eigenvalue weighted by atomic mass is 9.88. The Morgan fingerprint density at radius 3 is 2.48 bits per heavy atom. The molecule has 21 heavy (non-hydrogen) atoms. The molecule has 1 unspecified atom stereocenters. The van der Waals surface area contributed by atoms with Gasteiger partial charge in [0, 0.05) is 31.2 Å². The molecule has 0 bridgehead atoms. The number of rotatable bonds is 3. The fraction of sp³-hybridized carbons (Fsp3) is 0.684. The Morgan fingerprint density at radius 2 is 1.86 bits per heavy atom. The normalized spacial score (nSPS) is 25.8. The number of benzene rings is 1. The van der Waals surface area contributed by atoms with Crippen molar-refractivity contribution in [2.24, 2.45) is 5.92 Å². The van der Waals surface area contributed by atoms with Gasteiger partial charge in [0.2, 0.25) is 0 Å². The minimum Gasteiger partial charge on any atom is -0.308 e. The summed E-state index contributed by atoms with van der Waals surface area (Å²) in [5.74, 6) is 0.710. The van der Waals surface area contributed by atoms with Crippen LogP contribution in [0.5, 0.6) is 0 Å². The SMILES string of the molecule is Cc1ccc(CN2CC3(CCCC3)NCC2C(C)C)cc1. The Labute approximate surface area is 129 Å². The molecule has 1 atom stereocenters. The standard InChI is InChI=1S/C19H30N2/c1-15(2)18-12-20-19(10-4-5-11-19)14-21(18)13-17-8-6-16(3)7-9-17/h6-9,15,18,20H,4-5,10-14H2,1-3H3. The fourth-order valence-electron chi connectivity index (χ4n) is 4.16. The van der Waals surface area contributed by atoms with Crippen LogP contribution in [0.15, 0.2) is 24.3 Å². The molecule has 1 N–H and O–H groups in total. The number of nitrogens with zero attached hydrogens (tertiary/aromatic N) is 1. The quantitative estimate of drug-likeness (QED) is 0.910. The van der Waals surface area contributed by atoms with Crippen LogP contribution < -0.4 is 5.32 Å². The summed E-state index contributed by atoms with van der Waals surface area (Å²) < 4.78 is 0. The summed E-state index contributed by atoms with van der Waals surface area (Å²) in [7, 11) is 0. The minimum absolute atomic E-state index is 0.413. The molecular weight excluding hydrogens is 256 g/mol. The molecule has 2 heteroatoms. The maximum Gasteiger partial charge on any atom is 0.0309 e. The molecule has 2 aliphatic rings. The molecule has 0 amide bonds. The molecule has 1 heterocycles. The van der Waals surface area contributed by atoms with Crippen molar-refractivity contribution in [2.75, 3.05) is 13.1 Å². The molecule has 1 aromatic carbocycles. The smallest absolute Gasteiger partial charge is 0.0309 e. The molecule has 0 radical (unpaired) electrons. The van der Waals surface area contributed by atoms with Crippen molar-refractivity contribution in [2.45, 2.75) is 64.6 Å². The third-order valence-corrected chi connectivity index (χ3v) is 5.50. The molecule has 116 valence electrons. The van der Waals surface area contributed by atoms with E-state index in [0.29, 0.717) is 17.5 Å². The lowest BCUT2D eigenvalue weighted by Crippen LogP contribution is -2.63. The number of aryl methyl sites for hydroxylation is 1. The summed E-state index contributed by atoms with van der Waals surface area (Å²) in [4.78, 5) is 2.75. The molecule has 1 aliphatic carbocycles. The molecule has 1 aliphatic heterocycles. The molecule has 1 spiro atoms. The minimum atomic E-state index is 0.413. The Balaban J connectivity index is 1.75. The van der Waals surface area contributed by atoms with Crippen LogP contribution in [0.2, 0.25) is 0 Å². The third-order valence-electron chi connectivity index (χ3n) is 5.50. The van der Waals surface area contributed by atoms with E-state index in [1.807, 2.05) is 0 Å². The largest absolute Gasteiger partial charge is 0.308 e. The van der Waals surface area contributed by atoms with E-state index in [9.17, 15) is 0 Å². The molecule has 0 aromatic heterocycles. The van der Waals surface area contributed by atoms with E-state index < -0.39 is 0 Å². The first-order valence-electron chi connectivity index (χ1n) is 8.63. The zero-order chi connectivity index (χ0) is 14.9. The van der Waals surface area contributed by atoms with Crippen molar-refractivity contribution in [3.63, 3.8) is 0 Å². The van der Waals surface area contributed by atoms with Gasteiger partial charge >= 0.3 is 0 Å². The lowest BCUT2D eigenvalue weighted by molar-refractivity contribution is 0.0507. The van der Waals surface area contributed by atoms with E-state index in [-0.39, 0.29) is 0 Å². The number of piperazine rings is 1. The zero-order valence-corrected chi connectivity index (χ0v) is 13.9. The van der Waals surface area contributed by atoms with Gasteiger partial charge in [-0.1, -0.05) is 56.5 Å². The Bertz CT molecular complexity index is 457. The van der Waals surface area contributed by atoms with E-state index in [0.717, 1.165) is 13.1 Å². The van der Waals surface area contributed by atoms with E-state index in [2.05, 4.69) is 55.3 Å². The number of hydrogen-bond donors (Lipinski definition) is 1. The van der Waals surface area contributed by atoms with Crippen molar-refractivity contribution in [1.82, 2.24) is 10.2 Å². The average molecular weight is 286 g/mol. The highest BCUT2D eigenvalue weighted by molar-refractivity contribution is 5.21. The van der Waals surface area contributed by atoms with Gasteiger partial charge in [-0.05, 0) is 31.2 Å². The summed E-state index contributed by atoms with van der Waals surface area (Å²) in [6.45, 7) is 10.4. The van der Waals surface area contributed by atoms with Gasteiger partial charge in [-0.15, -0.1) is 0 Å². The van der Waals surface area contributed by atoms with Crippen LogP contribution in [0.3, 0.4) is 0 Å². The Kier molecular flexibility index (Phi) is 4.37. The van der Waals surface area contributed by atoms with Gasteiger partial charge in [0.15, 0.2) is 0 Å². The maximum absolute atomic E-state index is 3.91. The van der Waals surface area contributed by atoms with E-state index in [1.165, 1.54) is 43.4 Å². The second kappa shape index (κ2) is 6.10. The highest BCUT2D eigenvalue weighted by Gasteiger charge is 2.41. The summed E-state index contributed by atoms with van der Waals surface area (Å²) in [6, 6.07) is 9.75. The average Bonchev–Trinajstić information content (AvgIpc) is 2.89. The molecular formula is C19H30N2. The van der Waals surface area contributed by atoms with Gasteiger partial charge in [-0.2, -0.15) is 0 Å². The van der Waals surface area contributed by atoms with Gasteiger partial charge in [-0.25, -0.2) is 0 Å². The van der Waals surface area contributed by atoms with Crippen molar-refractivity contribution in [3.8, 4) is 0 Å². The van der Waals surface area contributed by atoms with Crippen LogP contribution in [0, 0.1) is 12.8 Å². The lowest BCUT2D eigenvalue weighted by Gasteiger charge is -2.48. The second-order valence-corrected chi connectivity index (χ2v) is 7.57.